The summed E-state index contributed by atoms with van der Waals surface area (Å²) in [6.07, 6.45) is -4.65. The van der Waals surface area contributed by atoms with Gasteiger partial charge in [0.15, 0.2) is 5.69 Å². The second-order valence-corrected chi connectivity index (χ2v) is 12.1. The number of aromatic nitrogens is 2. The van der Waals surface area contributed by atoms with Gasteiger partial charge in [-0.3, -0.25) is 0 Å². The number of rotatable bonds is 4. The van der Waals surface area contributed by atoms with E-state index in [2.05, 4.69) is 4.98 Å². The van der Waals surface area contributed by atoms with Crippen LogP contribution in [-0.4, -0.2) is 33.7 Å². The van der Waals surface area contributed by atoms with E-state index in [0.717, 1.165) is 0 Å². The number of carbonyl (C=O) groups is 1. The SMILES string of the molecule is Cc1c(C(=O)O)nc(C(C)(C)C)n1Cc1cccc([Si](C)(C)O)c1C(F)(F)F. The molecule has 0 saturated carbocycles. The zero-order valence-corrected chi connectivity index (χ0v) is 17.8. The van der Waals surface area contributed by atoms with E-state index in [4.69, 9.17) is 0 Å². The van der Waals surface area contributed by atoms with E-state index in [0.29, 0.717) is 5.82 Å². The van der Waals surface area contributed by atoms with Crippen molar-refractivity contribution in [3.63, 3.8) is 0 Å². The number of imidazole rings is 1. The van der Waals surface area contributed by atoms with Gasteiger partial charge in [-0.25, -0.2) is 9.78 Å². The number of carboxylic acid groups (broad SMARTS) is 1. The lowest BCUT2D eigenvalue weighted by atomic mass is 9.95. The molecule has 0 bridgehead atoms. The normalized spacial score (nSPS) is 13.1. The van der Waals surface area contributed by atoms with Gasteiger partial charge in [-0.05, 0) is 30.8 Å². The number of carboxylic acids is 1. The zero-order chi connectivity index (χ0) is 21.7. The number of alkyl halides is 3. The van der Waals surface area contributed by atoms with Crippen LogP contribution in [0.25, 0.3) is 0 Å². The second kappa shape index (κ2) is 7.04. The summed E-state index contributed by atoms with van der Waals surface area (Å²) < 4.78 is 43.2. The minimum Gasteiger partial charge on any atom is -0.476 e. The molecule has 0 saturated heterocycles. The molecule has 0 spiro atoms. The van der Waals surface area contributed by atoms with Gasteiger partial charge in [-0.1, -0.05) is 39.0 Å². The molecule has 0 fully saturated rings. The maximum atomic E-state index is 13.9. The van der Waals surface area contributed by atoms with Gasteiger partial charge in [0.05, 0.1) is 5.56 Å². The Morgan fingerprint density at radius 1 is 1.21 bits per heavy atom. The standard InChI is InChI=1S/C19H25F3N2O3Si/c1-11-15(16(25)26)23-17(18(2,3)4)24(11)10-12-8-7-9-13(28(5,6)27)14(12)19(20,21)22/h7-9,27H,10H2,1-6H3,(H,25,26). The first-order valence-electron chi connectivity index (χ1n) is 8.78. The van der Waals surface area contributed by atoms with Gasteiger partial charge in [0, 0.05) is 17.7 Å². The van der Waals surface area contributed by atoms with Crippen LogP contribution in [0, 0.1) is 6.92 Å². The second-order valence-electron chi connectivity index (χ2n) is 8.41. The first-order valence-corrected chi connectivity index (χ1v) is 11.7. The monoisotopic (exact) mass is 414 g/mol. The van der Waals surface area contributed by atoms with Crippen molar-refractivity contribution in [2.75, 3.05) is 0 Å². The van der Waals surface area contributed by atoms with Gasteiger partial charge in [-0.15, -0.1) is 0 Å². The smallest absolute Gasteiger partial charge is 0.416 e. The van der Waals surface area contributed by atoms with E-state index in [1.165, 1.54) is 42.8 Å². The third kappa shape index (κ3) is 4.30. The predicted molar refractivity (Wildman–Crippen MR) is 103 cm³/mol. The summed E-state index contributed by atoms with van der Waals surface area (Å²) in [5.41, 5.74) is -1.33. The fraction of sp³-hybridized carbons (Fsp3) is 0.474. The van der Waals surface area contributed by atoms with E-state index in [-0.39, 0.29) is 28.7 Å². The van der Waals surface area contributed by atoms with Gasteiger partial charge in [0.25, 0.3) is 0 Å². The van der Waals surface area contributed by atoms with Crippen molar-refractivity contribution in [3.8, 4) is 0 Å². The molecule has 2 N–H and O–H groups in total. The average molecular weight is 415 g/mol. The van der Waals surface area contributed by atoms with Crippen LogP contribution < -0.4 is 5.19 Å². The van der Waals surface area contributed by atoms with E-state index < -0.39 is 31.4 Å². The Balaban J connectivity index is 2.76. The molecule has 1 heterocycles. The molecular formula is C19H25F3N2O3Si. The molecular weight excluding hydrogens is 389 g/mol. The number of nitrogens with zero attached hydrogens (tertiary/aromatic N) is 2. The number of hydrogen-bond donors (Lipinski definition) is 2. The molecule has 154 valence electrons. The number of hydrogen-bond acceptors (Lipinski definition) is 3. The Bertz CT molecular complexity index is 907. The Labute approximate surface area is 163 Å². The lowest BCUT2D eigenvalue weighted by molar-refractivity contribution is -0.137. The maximum absolute atomic E-state index is 13.9. The van der Waals surface area contributed by atoms with Crippen molar-refractivity contribution < 1.29 is 27.9 Å². The average Bonchev–Trinajstić information content (AvgIpc) is 2.82. The summed E-state index contributed by atoms with van der Waals surface area (Å²) in [5, 5.41) is 9.29. The Morgan fingerprint density at radius 2 is 1.79 bits per heavy atom. The first kappa shape index (κ1) is 22.2. The minimum absolute atomic E-state index is 0.0254. The summed E-state index contributed by atoms with van der Waals surface area (Å²) >= 11 is 0. The lowest BCUT2D eigenvalue weighted by Gasteiger charge is -2.25. The topological polar surface area (TPSA) is 75.3 Å². The molecule has 0 unspecified atom stereocenters. The predicted octanol–water partition coefficient (Wildman–Crippen LogP) is 3.66. The molecule has 9 heteroatoms. The molecule has 5 nitrogen and oxygen atoms in total. The number of benzene rings is 1. The van der Waals surface area contributed by atoms with Crippen LogP contribution in [0.3, 0.4) is 0 Å². The highest BCUT2D eigenvalue weighted by molar-refractivity contribution is 6.83. The molecule has 0 aliphatic carbocycles. The summed E-state index contributed by atoms with van der Waals surface area (Å²) in [6, 6.07) is 4.16. The summed E-state index contributed by atoms with van der Waals surface area (Å²) in [5.74, 6) is -0.836. The molecule has 2 aromatic rings. The third-order valence-corrected chi connectivity index (χ3v) is 6.25. The minimum atomic E-state index is -4.65. The molecule has 2 rings (SSSR count). The molecule has 0 aliphatic rings. The number of aromatic carboxylic acids is 1. The lowest BCUT2D eigenvalue weighted by Crippen LogP contribution is -2.46. The Hall–Kier alpha value is -2.13. The molecule has 0 atom stereocenters. The highest BCUT2D eigenvalue weighted by atomic mass is 28.4. The van der Waals surface area contributed by atoms with Gasteiger partial charge >= 0.3 is 12.1 Å². The number of halogens is 3. The zero-order valence-electron chi connectivity index (χ0n) is 16.8. The first-order chi connectivity index (χ1) is 12.5. The largest absolute Gasteiger partial charge is 0.476 e. The molecule has 0 aliphatic heterocycles. The Morgan fingerprint density at radius 3 is 2.21 bits per heavy atom. The molecule has 1 aromatic heterocycles. The summed E-state index contributed by atoms with van der Waals surface area (Å²) in [6.45, 7) is 9.69. The van der Waals surface area contributed by atoms with Crippen molar-refractivity contribution in [1.29, 1.82) is 0 Å². The molecule has 0 amide bonds. The quantitative estimate of drug-likeness (QED) is 0.749. The van der Waals surface area contributed by atoms with E-state index in [9.17, 15) is 27.9 Å². The van der Waals surface area contributed by atoms with Crippen LogP contribution in [0.5, 0.6) is 0 Å². The van der Waals surface area contributed by atoms with Gasteiger partial charge in [0.2, 0.25) is 8.32 Å². The van der Waals surface area contributed by atoms with Crippen LogP contribution in [-0.2, 0) is 18.1 Å². The van der Waals surface area contributed by atoms with Crippen LogP contribution in [0.15, 0.2) is 18.2 Å². The van der Waals surface area contributed by atoms with Crippen molar-refractivity contribution in [1.82, 2.24) is 9.55 Å². The van der Waals surface area contributed by atoms with Crippen LogP contribution >= 0.6 is 0 Å². The molecule has 1 aromatic carbocycles. The fourth-order valence-electron chi connectivity index (χ4n) is 3.25. The van der Waals surface area contributed by atoms with Crippen LogP contribution in [0.1, 0.15) is 53.9 Å². The van der Waals surface area contributed by atoms with Crippen LogP contribution in [0.4, 0.5) is 13.2 Å². The maximum Gasteiger partial charge on any atom is 0.416 e. The Kier molecular flexibility index (Phi) is 5.57. The highest BCUT2D eigenvalue weighted by Gasteiger charge is 2.40. The van der Waals surface area contributed by atoms with Crippen molar-refractivity contribution in [3.05, 3.63) is 46.5 Å². The summed E-state index contributed by atoms with van der Waals surface area (Å²) in [4.78, 5) is 26.1. The third-order valence-electron chi connectivity index (χ3n) is 4.52. The molecule has 28 heavy (non-hydrogen) atoms. The van der Waals surface area contributed by atoms with E-state index >= 15 is 0 Å². The highest BCUT2D eigenvalue weighted by Crippen LogP contribution is 2.34. The fourth-order valence-corrected chi connectivity index (χ4v) is 4.67. The van der Waals surface area contributed by atoms with Crippen molar-refractivity contribution in [2.45, 2.75) is 58.9 Å². The van der Waals surface area contributed by atoms with Crippen molar-refractivity contribution in [2.24, 2.45) is 0 Å². The molecule has 0 radical (unpaired) electrons. The van der Waals surface area contributed by atoms with E-state index in [1.54, 1.807) is 0 Å². The van der Waals surface area contributed by atoms with Gasteiger partial charge in [-0.2, -0.15) is 13.2 Å². The summed E-state index contributed by atoms with van der Waals surface area (Å²) in [7, 11) is -3.25. The van der Waals surface area contributed by atoms with Gasteiger partial charge in [0.1, 0.15) is 5.82 Å². The van der Waals surface area contributed by atoms with Crippen molar-refractivity contribution >= 4 is 19.5 Å². The van der Waals surface area contributed by atoms with Gasteiger partial charge < -0.3 is 14.5 Å². The van der Waals surface area contributed by atoms with Crippen LogP contribution in [0.2, 0.25) is 13.1 Å². The van der Waals surface area contributed by atoms with E-state index in [1.807, 2.05) is 20.8 Å².